The summed E-state index contributed by atoms with van der Waals surface area (Å²) in [5.41, 5.74) is 1.95. The van der Waals surface area contributed by atoms with E-state index < -0.39 is 17.8 Å². The molecule has 1 aromatic carbocycles. The fraction of sp³-hybridized carbons (Fsp3) is 0.500. The molecule has 0 saturated heterocycles. The quantitative estimate of drug-likeness (QED) is 0.887. The second-order valence-electron chi connectivity index (χ2n) is 5.38. The molecule has 0 aromatic heterocycles. The summed E-state index contributed by atoms with van der Waals surface area (Å²) in [6, 6.07) is 7.70. The number of benzene rings is 1. The minimum Gasteiger partial charge on any atom is -0.481 e. The van der Waals surface area contributed by atoms with Crippen molar-refractivity contribution in [2.45, 2.75) is 39.0 Å². The number of carboxylic acid groups (broad SMARTS) is 1. The third-order valence-corrected chi connectivity index (χ3v) is 4.05. The molecule has 0 spiro atoms. The van der Waals surface area contributed by atoms with E-state index in [2.05, 4.69) is 12.2 Å². The van der Waals surface area contributed by atoms with Crippen LogP contribution in [0.25, 0.3) is 0 Å². The maximum atomic E-state index is 12.3. The molecule has 2 atom stereocenters. The van der Waals surface area contributed by atoms with Crippen molar-refractivity contribution in [1.29, 1.82) is 0 Å². The van der Waals surface area contributed by atoms with E-state index in [-0.39, 0.29) is 5.91 Å². The lowest BCUT2D eigenvalue weighted by molar-refractivity contribution is -0.147. The topological polar surface area (TPSA) is 66.4 Å². The molecule has 20 heavy (non-hydrogen) atoms. The highest BCUT2D eigenvalue weighted by Gasteiger charge is 2.35. The number of carbonyl (C=O) groups excluding carboxylic acids is 1. The lowest BCUT2D eigenvalue weighted by Crippen LogP contribution is -2.36. The van der Waals surface area contributed by atoms with Crippen LogP contribution in [0.15, 0.2) is 24.3 Å². The van der Waals surface area contributed by atoms with Gasteiger partial charge in [0.2, 0.25) is 5.91 Å². The molecule has 1 amide bonds. The summed E-state index contributed by atoms with van der Waals surface area (Å²) in [4.78, 5) is 23.5. The molecule has 108 valence electrons. The van der Waals surface area contributed by atoms with Crippen molar-refractivity contribution in [3.63, 3.8) is 0 Å². The van der Waals surface area contributed by atoms with Gasteiger partial charge in [0, 0.05) is 5.69 Å². The van der Waals surface area contributed by atoms with Gasteiger partial charge in [0.05, 0.1) is 11.8 Å². The van der Waals surface area contributed by atoms with E-state index in [1.807, 2.05) is 24.3 Å². The molecule has 4 heteroatoms. The Morgan fingerprint density at radius 3 is 2.30 bits per heavy atom. The predicted octanol–water partition coefficient (Wildman–Crippen LogP) is 3.08. The van der Waals surface area contributed by atoms with Crippen molar-refractivity contribution in [1.82, 2.24) is 0 Å². The van der Waals surface area contributed by atoms with Gasteiger partial charge in [0.1, 0.15) is 0 Å². The molecule has 1 aliphatic rings. The van der Waals surface area contributed by atoms with E-state index in [9.17, 15) is 14.7 Å². The number of rotatable bonds is 4. The van der Waals surface area contributed by atoms with E-state index >= 15 is 0 Å². The number of aryl methyl sites for hydroxylation is 1. The van der Waals surface area contributed by atoms with Gasteiger partial charge in [-0.15, -0.1) is 0 Å². The van der Waals surface area contributed by atoms with Crippen LogP contribution in [0.1, 0.15) is 38.2 Å². The molecule has 0 aliphatic heterocycles. The van der Waals surface area contributed by atoms with Crippen molar-refractivity contribution in [3.8, 4) is 0 Å². The van der Waals surface area contributed by atoms with Crippen LogP contribution in [0.2, 0.25) is 0 Å². The van der Waals surface area contributed by atoms with E-state index in [0.29, 0.717) is 12.8 Å². The van der Waals surface area contributed by atoms with E-state index in [0.717, 1.165) is 24.9 Å². The average molecular weight is 275 g/mol. The Hall–Kier alpha value is -1.84. The monoisotopic (exact) mass is 275 g/mol. The molecule has 4 nitrogen and oxygen atoms in total. The molecule has 1 aromatic rings. The van der Waals surface area contributed by atoms with Crippen LogP contribution in [0, 0.1) is 11.8 Å². The summed E-state index contributed by atoms with van der Waals surface area (Å²) in [5, 5.41) is 12.1. The summed E-state index contributed by atoms with van der Waals surface area (Å²) >= 11 is 0. The lowest BCUT2D eigenvalue weighted by atomic mass is 9.78. The Bertz CT molecular complexity index is 481. The second kappa shape index (κ2) is 6.55. The summed E-state index contributed by atoms with van der Waals surface area (Å²) in [7, 11) is 0. The third kappa shape index (κ3) is 3.38. The first kappa shape index (κ1) is 14.6. The molecule has 2 rings (SSSR count). The molecule has 0 radical (unpaired) electrons. The fourth-order valence-electron chi connectivity index (χ4n) is 2.80. The molecule has 1 saturated carbocycles. The van der Waals surface area contributed by atoms with Gasteiger partial charge in [-0.3, -0.25) is 9.59 Å². The summed E-state index contributed by atoms with van der Waals surface area (Å²) in [6.45, 7) is 2.08. The van der Waals surface area contributed by atoms with Crippen LogP contribution < -0.4 is 5.32 Å². The van der Waals surface area contributed by atoms with Crippen LogP contribution in [0.3, 0.4) is 0 Å². The first-order valence-corrected chi connectivity index (χ1v) is 7.24. The fourth-order valence-corrected chi connectivity index (χ4v) is 2.80. The zero-order valence-corrected chi connectivity index (χ0v) is 11.8. The zero-order valence-electron chi connectivity index (χ0n) is 11.8. The average Bonchev–Trinajstić information content (AvgIpc) is 2.48. The van der Waals surface area contributed by atoms with Gasteiger partial charge >= 0.3 is 5.97 Å². The highest BCUT2D eigenvalue weighted by Crippen LogP contribution is 2.31. The number of amides is 1. The number of hydrogen-bond donors (Lipinski definition) is 2. The van der Waals surface area contributed by atoms with Crippen molar-refractivity contribution in [3.05, 3.63) is 29.8 Å². The van der Waals surface area contributed by atoms with E-state index in [1.54, 1.807) is 0 Å². The SMILES string of the molecule is CCc1ccc(NC(=O)[C@@H]2CCCC[C@@H]2C(=O)O)cc1. The van der Waals surface area contributed by atoms with Crippen LogP contribution in [-0.2, 0) is 16.0 Å². The number of aliphatic carboxylic acids is 1. The molecule has 0 unspecified atom stereocenters. The molecule has 2 N–H and O–H groups in total. The largest absolute Gasteiger partial charge is 0.481 e. The Morgan fingerprint density at radius 1 is 1.15 bits per heavy atom. The van der Waals surface area contributed by atoms with E-state index in [1.165, 1.54) is 5.56 Å². The van der Waals surface area contributed by atoms with Gasteiger partial charge in [-0.25, -0.2) is 0 Å². The standard InChI is InChI=1S/C16H21NO3/c1-2-11-7-9-12(10-8-11)17-15(18)13-5-3-4-6-14(13)16(19)20/h7-10,13-14H,2-6H2,1H3,(H,17,18)(H,19,20)/t13-,14+/m1/s1. The maximum absolute atomic E-state index is 12.3. The minimum absolute atomic E-state index is 0.165. The van der Waals surface area contributed by atoms with Crippen molar-refractivity contribution in [2.24, 2.45) is 11.8 Å². The van der Waals surface area contributed by atoms with Crippen molar-refractivity contribution in [2.75, 3.05) is 5.32 Å². The number of nitrogens with one attached hydrogen (secondary N) is 1. The molecular weight excluding hydrogens is 254 g/mol. The Morgan fingerprint density at radius 2 is 1.75 bits per heavy atom. The highest BCUT2D eigenvalue weighted by molar-refractivity contribution is 5.95. The summed E-state index contributed by atoms with van der Waals surface area (Å²) < 4.78 is 0. The van der Waals surface area contributed by atoms with Crippen molar-refractivity contribution < 1.29 is 14.7 Å². The van der Waals surface area contributed by atoms with Crippen molar-refractivity contribution >= 4 is 17.6 Å². The van der Waals surface area contributed by atoms with Crippen LogP contribution >= 0.6 is 0 Å². The molecule has 0 heterocycles. The second-order valence-corrected chi connectivity index (χ2v) is 5.38. The van der Waals surface area contributed by atoms with Gasteiger partial charge in [-0.1, -0.05) is 31.9 Å². The highest BCUT2D eigenvalue weighted by atomic mass is 16.4. The third-order valence-electron chi connectivity index (χ3n) is 4.05. The Balaban J connectivity index is 2.03. The Kier molecular flexibility index (Phi) is 4.77. The number of carboxylic acids is 1. The van der Waals surface area contributed by atoms with Gasteiger partial charge < -0.3 is 10.4 Å². The Labute approximate surface area is 119 Å². The van der Waals surface area contributed by atoms with Crippen LogP contribution in [0.4, 0.5) is 5.69 Å². The first-order chi connectivity index (χ1) is 9.61. The molecule has 1 aliphatic carbocycles. The summed E-state index contributed by atoms with van der Waals surface area (Å²) in [5.74, 6) is -1.97. The smallest absolute Gasteiger partial charge is 0.307 e. The number of hydrogen-bond acceptors (Lipinski definition) is 2. The molecular formula is C16H21NO3. The molecule has 1 fully saturated rings. The van der Waals surface area contributed by atoms with Gasteiger partial charge in [-0.05, 0) is 37.0 Å². The van der Waals surface area contributed by atoms with E-state index in [4.69, 9.17) is 0 Å². The van der Waals surface area contributed by atoms with Gasteiger partial charge in [0.25, 0.3) is 0 Å². The summed E-state index contributed by atoms with van der Waals surface area (Å²) in [6.07, 6.45) is 4.04. The van der Waals surface area contributed by atoms with Gasteiger partial charge in [0.15, 0.2) is 0 Å². The minimum atomic E-state index is -0.855. The van der Waals surface area contributed by atoms with Crippen LogP contribution in [-0.4, -0.2) is 17.0 Å². The van der Waals surface area contributed by atoms with Gasteiger partial charge in [-0.2, -0.15) is 0 Å². The maximum Gasteiger partial charge on any atom is 0.307 e. The number of carbonyl (C=O) groups is 2. The number of anilines is 1. The first-order valence-electron chi connectivity index (χ1n) is 7.24. The predicted molar refractivity (Wildman–Crippen MR) is 77.5 cm³/mol. The zero-order chi connectivity index (χ0) is 14.5. The van der Waals surface area contributed by atoms with Crippen LogP contribution in [0.5, 0.6) is 0 Å². The normalized spacial score (nSPS) is 22.2. The molecule has 0 bridgehead atoms. The lowest BCUT2D eigenvalue weighted by Gasteiger charge is -2.27.